The average molecular weight is 730 g/mol. The summed E-state index contributed by atoms with van der Waals surface area (Å²) in [5.41, 5.74) is 11.1. The van der Waals surface area contributed by atoms with Crippen LogP contribution in [0.1, 0.15) is 0 Å². The summed E-state index contributed by atoms with van der Waals surface area (Å²) in [5, 5.41) is 6.78. The van der Waals surface area contributed by atoms with Crippen molar-refractivity contribution in [3.8, 4) is 45.5 Å². The number of fused-ring (bicyclic) bond motifs is 10. The molecule has 4 aromatic heterocycles. The number of aromatic nitrogens is 5. The first-order valence-electron chi connectivity index (χ1n) is 19.1. The SMILES string of the molecule is c1ccc(-c2nc(-c3ccccc3)nc(-n3c4ccccc4c4ccc5c(c6ccccc6n5-c5cccc(-c6cccc7c6oc6ccccc67)c5)c43)n2)cc1. The molecule has 12 rings (SSSR count). The molecule has 0 bridgehead atoms. The van der Waals surface area contributed by atoms with E-state index < -0.39 is 0 Å². The maximum absolute atomic E-state index is 6.49. The van der Waals surface area contributed by atoms with E-state index in [4.69, 9.17) is 19.4 Å². The Bertz CT molecular complexity index is 3470. The van der Waals surface area contributed by atoms with Crippen LogP contribution in [0, 0.1) is 0 Å². The molecule has 4 heterocycles. The van der Waals surface area contributed by atoms with Crippen LogP contribution < -0.4 is 0 Å². The zero-order valence-electron chi connectivity index (χ0n) is 30.5. The van der Waals surface area contributed by atoms with Gasteiger partial charge in [0.15, 0.2) is 11.6 Å². The molecule has 0 aliphatic heterocycles. The van der Waals surface area contributed by atoms with Gasteiger partial charge in [-0.1, -0.05) is 152 Å². The lowest BCUT2D eigenvalue weighted by atomic mass is 10.0. The smallest absolute Gasteiger partial charge is 0.238 e. The molecule has 57 heavy (non-hydrogen) atoms. The molecule has 6 nitrogen and oxygen atoms in total. The molecule has 0 saturated carbocycles. The number of benzene rings is 8. The van der Waals surface area contributed by atoms with Crippen molar-refractivity contribution in [2.45, 2.75) is 0 Å². The van der Waals surface area contributed by atoms with Gasteiger partial charge in [-0.2, -0.15) is 9.97 Å². The molecule has 6 heteroatoms. The third kappa shape index (κ3) is 4.81. The maximum Gasteiger partial charge on any atom is 0.238 e. The largest absolute Gasteiger partial charge is 0.455 e. The molecule has 0 fully saturated rings. The van der Waals surface area contributed by atoms with Gasteiger partial charge >= 0.3 is 0 Å². The van der Waals surface area contributed by atoms with Crippen LogP contribution in [0.4, 0.5) is 0 Å². The summed E-state index contributed by atoms with van der Waals surface area (Å²) in [5.74, 6) is 1.81. The fourth-order valence-electron chi connectivity index (χ4n) is 8.68. The van der Waals surface area contributed by atoms with Crippen LogP contribution in [0.5, 0.6) is 0 Å². The Morgan fingerprint density at radius 2 is 0.982 bits per heavy atom. The first-order chi connectivity index (χ1) is 28.3. The molecule has 12 aromatic rings. The Hall–Kier alpha value is -7.83. The molecule has 0 spiro atoms. The van der Waals surface area contributed by atoms with Crippen LogP contribution >= 0.6 is 0 Å². The standard InChI is InChI=1S/C51H31N5O/c1-3-15-32(16-4-1)49-52-50(33-17-5-2-6-18-33)54-51(53-49)56-42-26-10-7-21-37(42)39-29-30-44-46(47(39)56)41-23-8-11-27-43(41)55(44)35-20-13-19-34(31-35)36-24-14-25-40-38-22-9-12-28-45(38)57-48(36)40/h1-31H. The van der Waals surface area contributed by atoms with Crippen molar-refractivity contribution >= 4 is 65.6 Å². The summed E-state index contributed by atoms with van der Waals surface area (Å²) in [6.07, 6.45) is 0. The molecule has 0 atom stereocenters. The van der Waals surface area contributed by atoms with E-state index >= 15 is 0 Å². The molecule has 0 amide bonds. The van der Waals surface area contributed by atoms with Crippen molar-refractivity contribution in [2.24, 2.45) is 0 Å². The molecular formula is C51H31N5O. The lowest BCUT2D eigenvalue weighted by Gasteiger charge is -2.12. The van der Waals surface area contributed by atoms with Crippen molar-refractivity contribution in [3.63, 3.8) is 0 Å². The van der Waals surface area contributed by atoms with Gasteiger partial charge in [0.25, 0.3) is 0 Å². The third-order valence-electron chi connectivity index (χ3n) is 11.2. The topological polar surface area (TPSA) is 61.7 Å². The lowest BCUT2D eigenvalue weighted by molar-refractivity contribution is 0.670. The van der Waals surface area contributed by atoms with Crippen LogP contribution in [0.15, 0.2) is 192 Å². The zero-order chi connectivity index (χ0) is 37.5. The van der Waals surface area contributed by atoms with Crippen LogP contribution in [-0.4, -0.2) is 24.1 Å². The van der Waals surface area contributed by atoms with Crippen LogP contribution in [-0.2, 0) is 0 Å². The molecule has 0 N–H and O–H groups in total. The van der Waals surface area contributed by atoms with Gasteiger partial charge in [-0.25, -0.2) is 4.98 Å². The zero-order valence-corrected chi connectivity index (χ0v) is 30.5. The number of hydrogen-bond acceptors (Lipinski definition) is 4. The van der Waals surface area contributed by atoms with Gasteiger partial charge in [-0.3, -0.25) is 4.57 Å². The molecule has 8 aromatic carbocycles. The molecule has 266 valence electrons. The Morgan fingerprint density at radius 1 is 0.386 bits per heavy atom. The van der Waals surface area contributed by atoms with Gasteiger partial charge in [-0.05, 0) is 42.0 Å². The summed E-state index contributed by atoms with van der Waals surface area (Å²) in [6, 6.07) is 65.5. The van der Waals surface area contributed by atoms with Crippen molar-refractivity contribution < 1.29 is 4.42 Å². The molecule has 0 saturated heterocycles. The van der Waals surface area contributed by atoms with E-state index in [1.807, 2.05) is 72.8 Å². The summed E-state index contributed by atoms with van der Waals surface area (Å²) < 4.78 is 11.1. The fraction of sp³-hybridized carbons (Fsp3) is 0. The van der Waals surface area contributed by atoms with Crippen LogP contribution in [0.2, 0.25) is 0 Å². The minimum atomic E-state index is 0.569. The first-order valence-corrected chi connectivity index (χ1v) is 19.1. The number of furan rings is 1. The van der Waals surface area contributed by atoms with Crippen molar-refractivity contribution in [3.05, 3.63) is 188 Å². The molecule has 0 radical (unpaired) electrons. The molecule has 0 aliphatic carbocycles. The van der Waals surface area contributed by atoms with Crippen LogP contribution in [0.3, 0.4) is 0 Å². The minimum Gasteiger partial charge on any atom is -0.455 e. The Labute approximate surface area is 326 Å². The Kier molecular flexibility index (Phi) is 6.83. The van der Waals surface area contributed by atoms with E-state index in [2.05, 4.69) is 124 Å². The predicted molar refractivity (Wildman–Crippen MR) is 232 cm³/mol. The van der Waals surface area contributed by atoms with Gasteiger partial charge in [0.05, 0.1) is 22.1 Å². The highest BCUT2D eigenvalue weighted by Crippen LogP contribution is 2.43. The molecular weight excluding hydrogens is 699 g/mol. The number of rotatable bonds is 5. The van der Waals surface area contributed by atoms with Gasteiger partial charge in [-0.15, -0.1) is 0 Å². The summed E-state index contributed by atoms with van der Waals surface area (Å²) in [7, 11) is 0. The normalized spacial score (nSPS) is 11.9. The lowest BCUT2D eigenvalue weighted by Crippen LogP contribution is -2.06. The predicted octanol–water partition coefficient (Wildman–Crippen LogP) is 13.0. The number of nitrogens with zero attached hydrogens (tertiary/aromatic N) is 5. The minimum absolute atomic E-state index is 0.569. The van der Waals surface area contributed by atoms with Crippen molar-refractivity contribution in [2.75, 3.05) is 0 Å². The first kappa shape index (κ1) is 31.5. The van der Waals surface area contributed by atoms with Gasteiger partial charge < -0.3 is 8.98 Å². The number of hydrogen-bond donors (Lipinski definition) is 0. The van der Waals surface area contributed by atoms with E-state index in [0.29, 0.717) is 17.6 Å². The van der Waals surface area contributed by atoms with E-state index in [1.54, 1.807) is 0 Å². The second-order valence-corrected chi connectivity index (χ2v) is 14.4. The second kappa shape index (κ2) is 12.3. The quantitative estimate of drug-likeness (QED) is 0.177. The van der Waals surface area contributed by atoms with Crippen molar-refractivity contribution in [1.82, 2.24) is 24.1 Å². The van der Waals surface area contributed by atoms with Crippen LogP contribution in [0.25, 0.3) is 111 Å². The monoisotopic (exact) mass is 729 g/mol. The Balaban J connectivity index is 1.15. The van der Waals surface area contributed by atoms with E-state index in [1.165, 1.54) is 0 Å². The second-order valence-electron chi connectivity index (χ2n) is 14.4. The fourth-order valence-corrected chi connectivity index (χ4v) is 8.68. The third-order valence-corrected chi connectivity index (χ3v) is 11.2. The Morgan fingerprint density at radius 3 is 1.74 bits per heavy atom. The highest BCUT2D eigenvalue weighted by Gasteiger charge is 2.23. The van der Waals surface area contributed by atoms with Gasteiger partial charge in [0.2, 0.25) is 5.95 Å². The van der Waals surface area contributed by atoms with E-state index in [-0.39, 0.29) is 0 Å². The number of para-hydroxylation sites is 4. The highest BCUT2D eigenvalue weighted by molar-refractivity contribution is 6.26. The summed E-state index contributed by atoms with van der Waals surface area (Å²) in [6.45, 7) is 0. The van der Waals surface area contributed by atoms with Gasteiger partial charge in [0, 0.05) is 54.7 Å². The van der Waals surface area contributed by atoms with E-state index in [9.17, 15) is 0 Å². The molecule has 0 unspecified atom stereocenters. The summed E-state index contributed by atoms with van der Waals surface area (Å²) >= 11 is 0. The maximum atomic E-state index is 6.49. The van der Waals surface area contributed by atoms with Crippen molar-refractivity contribution in [1.29, 1.82) is 0 Å². The summed E-state index contributed by atoms with van der Waals surface area (Å²) in [4.78, 5) is 15.5. The highest BCUT2D eigenvalue weighted by atomic mass is 16.3. The van der Waals surface area contributed by atoms with Gasteiger partial charge in [0.1, 0.15) is 11.2 Å². The average Bonchev–Trinajstić information content (AvgIpc) is 3.95. The van der Waals surface area contributed by atoms with E-state index in [0.717, 1.165) is 93.5 Å². The molecule has 0 aliphatic rings.